The molecule has 17 heteroatoms. The second-order valence-electron chi connectivity index (χ2n) is 12.0. The molecular weight excluding hydrogens is 651 g/mol. The number of nitrogens with two attached hydrogens (primary N) is 1. The fraction of sp³-hybridized carbons (Fsp3) is 0.469. The Bertz CT molecular complexity index is 1700. The highest BCUT2D eigenvalue weighted by molar-refractivity contribution is 5.99. The fourth-order valence-corrected chi connectivity index (χ4v) is 6.49. The number of aliphatic carboxylic acids is 1. The number of amides is 1. The van der Waals surface area contributed by atoms with Crippen LogP contribution < -0.4 is 15.4 Å². The van der Waals surface area contributed by atoms with Crippen molar-refractivity contribution in [2.24, 2.45) is 11.7 Å². The van der Waals surface area contributed by atoms with Gasteiger partial charge < -0.3 is 34.5 Å². The lowest BCUT2D eigenvalue weighted by Gasteiger charge is -2.44. The number of piperidine rings is 1. The molecule has 0 saturated carbocycles. The van der Waals surface area contributed by atoms with E-state index in [0.29, 0.717) is 37.4 Å². The summed E-state index contributed by atoms with van der Waals surface area (Å²) in [5.41, 5.74) is 6.38. The number of rotatable bonds is 10. The van der Waals surface area contributed by atoms with Crippen LogP contribution in [0.25, 0.3) is 0 Å². The molecule has 14 nitrogen and oxygen atoms in total. The predicted molar refractivity (Wildman–Crippen MR) is 169 cm³/mol. The van der Waals surface area contributed by atoms with E-state index >= 15 is 0 Å². The maximum atomic E-state index is 14.8. The lowest BCUT2D eigenvalue weighted by atomic mass is 9.76. The third-order valence-corrected chi connectivity index (χ3v) is 8.94. The zero-order valence-electron chi connectivity index (χ0n) is 27.2. The van der Waals surface area contributed by atoms with Crippen LogP contribution in [0.1, 0.15) is 45.3 Å². The minimum atomic E-state index is -4.89. The summed E-state index contributed by atoms with van der Waals surface area (Å²) in [5.74, 6) is -7.41. The molecule has 4 N–H and O–H groups in total. The van der Waals surface area contributed by atoms with Crippen LogP contribution >= 0.6 is 0 Å². The van der Waals surface area contributed by atoms with Gasteiger partial charge in [0.2, 0.25) is 5.91 Å². The molecule has 1 aromatic carbocycles. The number of amidine groups is 1. The summed E-state index contributed by atoms with van der Waals surface area (Å²) in [4.78, 5) is 44.7. The number of anilines is 1. The number of aryl methyl sites for hydroxylation is 1. The van der Waals surface area contributed by atoms with Crippen LogP contribution in [-0.4, -0.2) is 114 Å². The number of likely N-dealkylation sites (tertiary alicyclic amines) is 1. The highest BCUT2D eigenvalue weighted by Gasteiger charge is 2.57. The molecule has 0 spiro atoms. The van der Waals surface area contributed by atoms with Gasteiger partial charge in [0.25, 0.3) is 5.91 Å². The number of carbonyl (C=O) groups excluding carboxylic acids is 2. The van der Waals surface area contributed by atoms with Crippen molar-refractivity contribution < 1.29 is 46.6 Å². The average Bonchev–Trinajstić information content (AvgIpc) is 3.67. The number of nitrogens with one attached hydrogen (secondary N) is 1. The Balaban J connectivity index is 1.64. The lowest BCUT2D eigenvalue weighted by molar-refractivity contribution is -0.201. The molecule has 1 amide bonds. The van der Waals surface area contributed by atoms with Crippen LogP contribution in [0.15, 0.2) is 41.0 Å². The van der Waals surface area contributed by atoms with Crippen molar-refractivity contribution in [1.29, 1.82) is 5.41 Å². The number of alkyl halides is 3. The molecule has 0 radical (unpaired) electrons. The van der Waals surface area contributed by atoms with E-state index < -0.39 is 60.5 Å². The molecule has 3 unspecified atom stereocenters. The van der Waals surface area contributed by atoms with Gasteiger partial charge in [0.1, 0.15) is 23.3 Å². The molecule has 2 fully saturated rings. The van der Waals surface area contributed by atoms with Crippen LogP contribution in [0.2, 0.25) is 0 Å². The molecule has 49 heavy (non-hydrogen) atoms. The van der Waals surface area contributed by atoms with Gasteiger partial charge in [0.15, 0.2) is 11.6 Å². The summed E-state index contributed by atoms with van der Waals surface area (Å²) < 4.78 is 61.7. The van der Waals surface area contributed by atoms with Gasteiger partial charge in [-0.15, -0.1) is 0 Å². The van der Waals surface area contributed by atoms with Crippen molar-refractivity contribution in [1.82, 2.24) is 19.6 Å². The van der Waals surface area contributed by atoms with Crippen LogP contribution in [0.5, 0.6) is 5.75 Å². The predicted octanol–water partition coefficient (Wildman–Crippen LogP) is 2.68. The van der Waals surface area contributed by atoms with Crippen molar-refractivity contribution in [3.8, 4) is 5.75 Å². The molecule has 0 aliphatic carbocycles. The zero-order chi connectivity index (χ0) is 35.6. The average molecular weight is 690 g/mol. The van der Waals surface area contributed by atoms with E-state index in [1.54, 1.807) is 36.2 Å². The summed E-state index contributed by atoms with van der Waals surface area (Å²) in [6.45, 7) is 2.54. The van der Waals surface area contributed by atoms with Crippen LogP contribution in [0.4, 0.5) is 19.0 Å². The van der Waals surface area contributed by atoms with Gasteiger partial charge in [0, 0.05) is 44.7 Å². The maximum Gasteiger partial charge on any atom is 0.392 e. The van der Waals surface area contributed by atoms with Gasteiger partial charge in [-0.3, -0.25) is 19.9 Å². The number of nitrogens with zero attached hydrogens (tertiary/aromatic N) is 5. The second-order valence-corrected chi connectivity index (χ2v) is 12.0. The molecule has 2 aliphatic rings. The molecule has 4 heterocycles. The molecule has 3 aromatic rings. The smallest absolute Gasteiger partial charge is 0.392 e. The zero-order valence-corrected chi connectivity index (χ0v) is 27.2. The van der Waals surface area contributed by atoms with E-state index in [1.807, 2.05) is 0 Å². The van der Waals surface area contributed by atoms with Gasteiger partial charge in [-0.25, -0.2) is 4.79 Å². The molecule has 2 aliphatic heterocycles. The van der Waals surface area contributed by atoms with Gasteiger partial charge in [0.05, 0.1) is 44.6 Å². The Hall–Kier alpha value is -4.90. The first kappa shape index (κ1) is 35.4. The molecule has 2 aromatic heterocycles. The van der Waals surface area contributed by atoms with E-state index in [4.69, 9.17) is 25.0 Å². The van der Waals surface area contributed by atoms with Crippen LogP contribution in [-0.2, 0) is 20.9 Å². The summed E-state index contributed by atoms with van der Waals surface area (Å²) >= 11 is 0. The van der Waals surface area contributed by atoms with E-state index in [0.717, 1.165) is 9.58 Å². The Morgan fingerprint density at radius 2 is 1.82 bits per heavy atom. The number of morpholine rings is 1. The Morgan fingerprint density at radius 3 is 2.37 bits per heavy atom. The lowest BCUT2D eigenvalue weighted by Crippen LogP contribution is -2.58. The van der Waals surface area contributed by atoms with Crippen LogP contribution in [0.3, 0.4) is 0 Å². The number of methoxy groups -OCH3 is 1. The van der Waals surface area contributed by atoms with Crippen molar-refractivity contribution in [2.45, 2.75) is 38.0 Å². The summed E-state index contributed by atoms with van der Waals surface area (Å²) in [7, 11) is 2.77. The number of furan rings is 1. The van der Waals surface area contributed by atoms with Gasteiger partial charge >= 0.3 is 12.1 Å². The summed E-state index contributed by atoms with van der Waals surface area (Å²) in [6, 6.07) is 6.06. The maximum absolute atomic E-state index is 14.8. The monoisotopic (exact) mass is 689 g/mol. The van der Waals surface area contributed by atoms with E-state index in [2.05, 4.69) is 5.10 Å². The molecule has 5 rings (SSSR count). The van der Waals surface area contributed by atoms with E-state index in [1.165, 1.54) is 31.3 Å². The highest BCUT2D eigenvalue weighted by Crippen LogP contribution is 2.50. The first-order valence-corrected chi connectivity index (χ1v) is 15.5. The number of benzene rings is 1. The number of hydrogen-bond acceptors (Lipinski definition) is 10. The molecule has 0 bridgehead atoms. The first-order chi connectivity index (χ1) is 23.2. The number of carboxylic acids is 1. The van der Waals surface area contributed by atoms with Crippen LogP contribution in [0, 0.1) is 18.3 Å². The van der Waals surface area contributed by atoms with Gasteiger partial charge in [-0.05, 0) is 25.0 Å². The second kappa shape index (κ2) is 14.3. The number of ether oxygens (including phenoxy) is 2. The van der Waals surface area contributed by atoms with Crippen molar-refractivity contribution in [3.63, 3.8) is 0 Å². The normalized spacial score (nSPS) is 20.2. The standard InChI is InChI=1S/C32H38F3N7O7/c1-18-21(9-13-49-18)30(44)42-29(39(2)16-19-4-6-20(7-5-19)28(36)37)27(47-3)25(38-42)24-22(32(33,34)35)8-10-41(26(24)31(45)46)23(43)17-40-11-14-48-15-12-40/h4-7,9,13,22,24,26H,8,10-12,14-17H2,1-3H3,(H3,36,37)(H,45,46). The van der Waals surface area contributed by atoms with Crippen molar-refractivity contribution >= 4 is 29.4 Å². The molecule has 2 saturated heterocycles. The number of carboxylic acid groups (broad SMARTS) is 1. The third kappa shape index (κ3) is 7.27. The highest BCUT2D eigenvalue weighted by atomic mass is 19.4. The minimum absolute atomic E-state index is 0.0411. The fourth-order valence-electron chi connectivity index (χ4n) is 6.49. The largest absolute Gasteiger partial charge is 0.491 e. The Kier molecular flexibility index (Phi) is 10.3. The van der Waals surface area contributed by atoms with Gasteiger partial charge in [-0.1, -0.05) is 24.3 Å². The summed E-state index contributed by atoms with van der Waals surface area (Å²) in [5, 5.41) is 22.5. The number of carbonyl (C=O) groups is 3. The number of halogens is 3. The number of nitrogen functional groups attached to an aromatic ring is 1. The minimum Gasteiger partial charge on any atom is -0.491 e. The molecule has 3 atom stereocenters. The molecule has 264 valence electrons. The van der Waals surface area contributed by atoms with E-state index in [9.17, 15) is 32.7 Å². The number of hydrogen-bond donors (Lipinski definition) is 3. The Labute approximate surface area is 279 Å². The first-order valence-electron chi connectivity index (χ1n) is 15.5. The van der Waals surface area contributed by atoms with E-state index in [-0.39, 0.29) is 41.8 Å². The van der Waals surface area contributed by atoms with Crippen molar-refractivity contribution in [2.75, 3.05) is 58.5 Å². The third-order valence-electron chi connectivity index (χ3n) is 8.94. The SMILES string of the molecule is COc1c(C2C(C(=O)O)N(C(=O)CN3CCOCC3)CCC2C(F)(F)F)nn(C(=O)c2ccoc2C)c1N(C)Cc1ccc(C(=N)N)cc1. The van der Waals surface area contributed by atoms with Gasteiger partial charge in [-0.2, -0.15) is 23.0 Å². The quantitative estimate of drug-likeness (QED) is 0.210. The number of aromatic nitrogens is 2. The van der Waals surface area contributed by atoms with Crippen molar-refractivity contribution in [3.05, 3.63) is 64.7 Å². The topological polar surface area (TPSA) is 180 Å². The summed E-state index contributed by atoms with van der Waals surface area (Å²) in [6.07, 6.45) is -4.20. The molecular formula is C32H38F3N7O7. The Morgan fingerprint density at radius 1 is 1.14 bits per heavy atom.